The molecule has 0 heterocycles. The third-order valence-electron chi connectivity index (χ3n) is 4.31. The van der Waals surface area contributed by atoms with Crippen LogP contribution in [0.15, 0.2) is 18.2 Å². The fourth-order valence-electron chi connectivity index (χ4n) is 2.75. The lowest BCUT2D eigenvalue weighted by atomic mass is 9.78. The van der Waals surface area contributed by atoms with Crippen LogP contribution in [-0.2, 0) is 4.79 Å². The quantitative estimate of drug-likeness (QED) is 0.893. The molecule has 21 heavy (non-hydrogen) atoms. The molecule has 0 radical (unpaired) electrons. The Hall–Kier alpha value is -0.930. The molecule has 5 heteroatoms. The van der Waals surface area contributed by atoms with E-state index in [0.29, 0.717) is 27.6 Å². The van der Waals surface area contributed by atoms with Crippen molar-refractivity contribution in [1.29, 1.82) is 0 Å². The summed E-state index contributed by atoms with van der Waals surface area (Å²) in [7, 11) is 0. The fourth-order valence-corrected chi connectivity index (χ4v) is 3.04. The normalized spacial score (nSPS) is 25.4. The van der Waals surface area contributed by atoms with Crippen molar-refractivity contribution in [2.24, 2.45) is 11.8 Å². The van der Waals surface area contributed by atoms with Crippen LogP contribution in [0.1, 0.15) is 33.1 Å². The lowest BCUT2D eigenvalue weighted by Crippen LogP contribution is -2.45. The molecular weight excluding hydrogens is 309 g/mol. The molecule has 0 unspecified atom stereocenters. The molecule has 0 aliphatic heterocycles. The summed E-state index contributed by atoms with van der Waals surface area (Å²) in [6, 6.07) is 5.22. The van der Waals surface area contributed by atoms with Crippen LogP contribution in [0.5, 0.6) is 5.75 Å². The van der Waals surface area contributed by atoms with Crippen LogP contribution in [0.25, 0.3) is 0 Å². The summed E-state index contributed by atoms with van der Waals surface area (Å²) < 4.78 is 5.45. The minimum Gasteiger partial charge on any atom is -0.484 e. The van der Waals surface area contributed by atoms with Gasteiger partial charge in [-0.1, -0.05) is 49.9 Å². The highest BCUT2D eigenvalue weighted by atomic mass is 35.5. The van der Waals surface area contributed by atoms with Crippen LogP contribution in [0, 0.1) is 11.8 Å². The van der Waals surface area contributed by atoms with Gasteiger partial charge in [-0.25, -0.2) is 0 Å². The summed E-state index contributed by atoms with van der Waals surface area (Å²) in [4.78, 5) is 12.0. The zero-order valence-electron chi connectivity index (χ0n) is 12.4. The third kappa shape index (κ3) is 4.52. The van der Waals surface area contributed by atoms with Crippen LogP contribution >= 0.6 is 23.2 Å². The molecule has 1 saturated carbocycles. The van der Waals surface area contributed by atoms with Crippen molar-refractivity contribution in [3.8, 4) is 5.75 Å². The maximum Gasteiger partial charge on any atom is 0.258 e. The molecule has 116 valence electrons. The van der Waals surface area contributed by atoms with Crippen LogP contribution in [0.3, 0.4) is 0 Å². The molecule has 1 N–H and O–H groups in total. The first kappa shape index (κ1) is 16.4. The van der Waals surface area contributed by atoms with Gasteiger partial charge in [0.1, 0.15) is 5.75 Å². The summed E-state index contributed by atoms with van der Waals surface area (Å²) in [5, 5.41) is 3.96. The Labute approximate surface area is 136 Å². The number of carbonyl (C=O) groups excluding carboxylic acids is 1. The van der Waals surface area contributed by atoms with Crippen LogP contribution in [-0.4, -0.2) is 18.6 Å². The highest BCUT2D eigenvalue weighted by Gasteiger charge is 2.28. The molecule has 3 atom stereocenters. The predicted octanol–water partition coefficient (Wildman–Crippen LogP) is 4.31. The van der Waals surface area contributed by atoms with Gasteiger partial charge in [0.25, 0.3) is 5.91 Å². The van der Waals surface area contributed by atoms with Crippen molar-refractivity contribution >= 4 is 29.1 Å². The molecule has 1 fully saturated rings. The number of hydrogen-bond donors (Lipinski definition) is 1. The van der Waals surface area contributed by atoms with Crippen molar-refractivity contribution in [2.75, 3.05) is 6.61 Å². The lowest BCUT2D eigenvalue weighted by Gasteiger charge is -2.34. The zero-order valence-corrected chi connectivity index (χ0v) is 13.9. The van der Waals surface area contributed by atoms with Crippen LogP contribution in [0.4, 0.5) is 0 Å². The average Bonchev–Trinajstić information content (AvgIpc) is 2.45. The van der Waals surface area contributed by atoms with Gasteiger partial charge in [-0.15, -0.1) is 0 Å². The van der Waals surface area contributed by atoms with Gasteiger partial charge in [0.15, 0.2) is 6.61 Å². The Morgan fingerprint density at radius 2 is 2.05 bits per heavy atom. The van der Waals surface area contributed by atoms with Gasteiger partial charge in [0.05, 0.1) is 10.0 Å². The minimum absolute atomic E-state index is 0.00440. The molecule has 1 aliphatic rings. The lowest BCUT2D eigenvalue weighted by molar-refractivity contribution is -0.124. The highest BCUT2D eigenvalue weighted by molar-refractivity contribution is 6.42. The van der Waals surface area contributed by atoms with Crippen molar-refractivity contribution in [1.82, 2.24) is 5.32 Å². The van der Waals surface area contributed by atoms with E-state index in [4.69, 9.17) is 27.9 Å². The molecule has 0 aromatic heterocycles. The van der Waals surface area contributed by atoms with Crippen molar-refractivity contribution < 1.29 is 9.53 Å². The van der Waals surface area contributed by atoms with E-state index in [2.05, 4.69) is 19.2 Å². The van der Waals surface area contributed by atoms with E-state index in [1.54, 1.807) is 18.2 Å². The van der Waals surface area contributed by atoms with Crippen molar-refractivity contribution in [3.63, 3.8) is 0 Å². The van der Waals surface area contributed by atoms with Crippen molar-refractivity contribution in [3.05, 3.63) is 28.2 Å². The molecule has 1 aromatic rings. The summed E-state index contributed by atoms with van der Waals surface area (Å²) in [5.41, 5.74) is 0. The summed E-state index contributed by atoms with van der Waals surface area (Å²) in [5.74, 6) is 1.62. The van der Waals surface area contributed by atoms with E-state index in [1.807, 2.05) is 0 Å². The molecule has 1 aromatic carbocycles. The third-order valence-corrected chi connectivity index (χ3v) is 5.05. The largest absolute Gasteiger partial charge is 0.484 e. The number of ether oxygens (including phenoxy) is 1. The highest BCUT2D eigenvalue weighted by Crippen LogP contribution is 2.29. The molecule has 0 bridgehead atoms. The summed E-state index contributed by atoms with van der Waals surface area (Å²) in [6.45, 7) is 4.44. The van der Waals surface area contributed by atoms with Crippen LogP contribution in [0.2, 0.25) is 10.0 Å². The predicted molar refractivity (Wildman–Crippen MR) is 86.1 cm³/mol. The Kier molecular flexibility index (Phi) is 5.77. The first-order chi connectivity index (χ1) is 9.97. The van der Waals surface area contributed by atoms with Gasteiger partial charge in [-0.2, -0.15) is 0 Å². The second kappa shape index (κ2) is 7.37. The number of carbonyl (C=O) groups is 1. The molecular formula is C16H21Cl2NO2. The second-order valence-corrected chi connectivity index (χ2v) is 6.62. The number of hydrogen-bond acceptors (Lipinski definition) is 2. The molecule has 0 saturated heterocycles. The van der Waals surface area contributed by atoms with E-state index in [0.717, 1.165) is 6.42 Å². The zero-order chi connectivity index (χ0) is 15.4. The minimum atomic E-state index is -0.0907. The Bertz CT molecular complexity index is 507. The number of benzene rings is 1. The molecule has 2 rings (SSSR count). The summed E-state index contributed by atoms with van der Waals surface area (Å²) >= 11 is 11.7. The van der Waals surface area contributed by atoms with E-state index in [1.165, 1.54) is 12.8 Å². The number of nitrogens with one attached hydrogen (secondary N) is 1. The van der Waals surface area contributed by atoms with Gasteiger partial charge >= 0.3 is 0 Å². The van der Waals surface area contributed by atoms with Gasteiger partial charge in [0.2, 0.25) is 0 Å². The van der Waals surface area contributed by atoms with E-state index in [-0.39, 0.29) is 18.6 Å². The molecule has 0 spiro atoms. The number of rotatable bonds is 4. The Balaban J connectivity index is 1.83. The maximum absolute atomic E-state index is 12.0. The van der Waals surface area contributed by atoms with Gasteiger partial charge in [-0.05, 0) is 30.4 Å². The standard InChI is InChI=1S/C16H21Cl2NO2/c1-10-4-3-5-15(11(10)2)19-16(20)9-21-12-6-7-13(17)14(18)8-12/h6-8,10-11,15H,3-5,9H2,1-2H3,(H,19,20)/t10-,11-,15+/m1/s1. The van der Waals surface area contributed by atoms with Gasteiger partial charge < -0.3 is 10.1 Å². The van der Waals surface area contributed by atoms with E-state index >= 15 is 0 Å². The van der Waals surface area contributed by atoms with Gasteiger partial charge in [0, 0.05) is 12.1 Å². The molecule has 1 amide bonds. The number of halogens is 2. The maximum atomic E-state index is 12.0. The van der Waals surface area contributed by atoms with E-state index in [9.17, 15) is 4.79 Å². The Morgan fingerprint density at radius 3 is 2.76 bits per heavy atom. The topological polar surface area (TPSA) is 38.3 Å². The molecule has 1 aliphatic carbocycles. The first-order valence-corrected chi connectivity index (χ1v) is 8.10. The molecule has 3 nitrogen and oxygen atoms in total. The van der Waals surface area contributed by atoms with E-state index < -0.39 is 0 Å². The second-order valence-electron chi connectivity index (χ2n) is 5.81. The Morgan fingerprint density at radius 1 is 1.29 bits per heavy atom. The van der Waals surface area contributed by atoms with Gasteiger partial charge in [-0.3, -0.25) is 4.79 Å². The van der Waals surface area contributed by atoms with Crippen molar-refractivity contribution in [2.45, 2.75) is 39.2 Å². The number of amides is 1. The summed E-state index contributed by atoms with van der Waals surface area (Å²) in [6.07, 6.45) is 3.46. The average molecular weight is 330 g/mol. The SMILES string of the molecule is C[C@@H]1[C@H](C)CCC[C@@H]1NC(=O)COc1ccc(Cl)c(Cl)c1. The first-order valence-electron chi connectivity index (χ1n) is 7.34. The smallest absolute Gasteiger partial charge is 0.258 e. The van der Waals surface area contributed by atoms with Crippen LogP contribution < -0.4 is 10.1 Å². The fraction of sp³-hybridized carbons (Fsp3) is 0.562. The monoisotopic (exact) mass is 329 g/mol.